The minimum Gasteiger partial charge on any atom is -0.484 e. The number of rotatable bonds is 8. The van der Waals surface area contributed by atoms with Gasteiger partial charge >= 0.3 is 11.7 Å². The van der Waals surface area contributed by atoms with Crippen molar-refractivity contribution in [2.24, 2.45) is 5.92 Å². The number of ether oxygens (including phenoxy) is 2. The fraction of sp³-hybridized carbons (Fsp3) is 0.357. The Hall–Kier alpha value is -2.57. The van der Waals surface area contributed by atoms with Gasteiger partial charge < -0.3 is 14.6 Å². The van der Waals surface area contributed by atoms with Crippen LogP contribution in [0.2, 0.25) is 0 Å². The van der Waals surface area contributed by atoms with Gasteiger partial charge in [-0.25, -0.2) is 4.79 Å². The van der Waals surface area contributed by atoms with E-state index in [9.17, 15) is 14.9 Å². The summed E-state index contributed by atoms with van der Waals surface area (Å²) in [5.74, 6) is -1.46. The van der Waals surface area contributed by atoms with Crippen LogP contribution in [0.4, 0.5) is 5.69 Å². The lowest BCUT2D eigenvalue weighted by Gasteiger charge is -2.15. The van der Waals surface area contributed by atoms with Crippen LogP contribution < -0.4 is 9.47 Å². The highest BCUT2D eigenvalue weighted by molar-refractivity contribution is 5.93. The molecule has 0 fully saturated rings. The van der Waals surface area contributed by atoms with E-state index in [0.29, 0.717) is 0 Å². The molecule has 0 amide bonds. The van der Waals surface area contributed by atoms with Crippen molar-refractivity contribution in [1.82, 2.24) is 0 Å². The molecule has 0 bridgehead atoms. The highest BCUT2D eigenvalue weighted by Gasteiger charge is 2.26. The molecule has 0 saturated carbocycles. The predicted molar refractivity (Wildman–Crippen MR) is 76.1 cm³/mol. The Kier molecular flexibility index (Phi) is 5.71. The lowest BCUT2D eigenvalue weighted by Crippen LogP contribution is -2.11. The second-order valence-electron chi connectivity index (χ2n) is 4.66. The zero-order chi connectivity index (χ0) is 16.0. The van der Waals surface area contributed by atoms with Crippen LogP contribution >= 0.6 is 0 Å². The van der Waals surface area contributed by atoms with E-state index in [2.05, 4.69) is 6.58 Å². The van der Waals surface area contributed by atoms with Crippen molar-refractivity contribution in [3.8, 4) is 11.5 Å². The number of hydrogen-bond acceptors (Lipinski definition) is 5. The van der Waals surface area contributed by atoms with Crippen molar-refractivity contribution >= 4 is 11.7 Å². The van der Waals surface area contributed by atoms with Crippen molar-refractivity contribution in [3.63, 3.8) is 0 Å². The molecule has 1 aromatic carbocycles. The van der Waals surface area contributed by atoms with Crippen LogP contribution in [0.5, 0.6) is 11.5 Å². The maximum Gasteiger partial charge on any atom is 0.339 e. The summed E-state index contributed by atoms with van der Waals surface area (Å²) >= 11 is 0. The summed E-state index contributed by atoms with van der Waals surface area (Å²) in [4.78, 5) is 21.7. The second kappa shape index (κ2) is 7.28. The maximum atomic E-state index is 11.2. The first-order valence-electron chi connectivity index (χ1n) is 6.29. The Labute approximate surface area is 121 Å². The summed E-state index contributed by atoms with van der Waals surface area (Å²) in [5, 5.41) is 20.2. The third-order valence-corrected chi connectivity index (χ3v) is 2.42. The van der Waals surface area contributed by atoms with E-state index < -0.39 is 10.9 Å². The largest absolute Gasteiger partial charge is 0.484 e. The first-order valence-corrected chi connectivity index (χ1v) is 6.29. The minimum absolute atomic E-state index is 0.0134. The van der Waals surface area contributed by atoms with E-state index in [-0.39, 0.29) is 41.9 Å². The van der Waals surface area contributed by atoms with Gasteiger partial charge in [0.1, 0.15) is 12.2 Å². The standard InChI is InChI=1S/C14H17NO6/c1-4-7-20-12-10(14(16)17)5-6-11(15(18)19)13(12)21-8-9(2)3/h4-6,9H,1,7-8H2,2-3H3,(H,16,17). The molecule has 7 nitrogen and oxygen atoms in total. The third-order valence-electron chi connectivity index (χ3n) is 2.42. The number of nitrogens with zero attached hydrogens (tertiary/aromatic N) is 1. The quantitative estimate of drug-likeness (QED) is 0.450. The zero-order valence-electron chi connectivity index (χ0n) is 11.9. The van der Waals surface area contributed by atoms with Crippen molar-refractivity contribution in [3.05, 3.63) is 40.5 Å². The minimum atomic E-state index is -1.25. The van der Waals surface area contributed by atoms with E-state index in [0.717, 1.165) is 12.1 Å². The van der Waals surface area contributed by atoms with Crippen LogP contribution in [0.3, 0.4) is 0 Å². The van der Waals surface area contributed by atoms with E-state index in [1.807, 2.05) is 13.8 Å². The summed E-state index contributed by atoms with van der Waals surface area (Å²) in [6, 6.07) is 2.22. The average molecular weight is 295 g/mol. The predicted octanol–water partition coefficient (Wildman–Crippen LogP) is 2.89. The van der Waals surface area contributed by atoms with Crippen LogP contribution in [-0.2, 0) is 0 Å². The first-order chi connectivity index (χ1) is 9.88. The Morgan fingerprint density at radius 2 is 2.10 bits per heavy atom. The van der Waals surface area contributed by atoms with Gasteiger partial charge in [-0.15, -0.1) is 0 Å². The van der Waals surface area contributed by atoms with E-state index in [1.54, 1.807) is 0 Å². The monoisotopic (exact) mass is 295 g/mol. The van der Waals surface area contributed by atoms with Crippen LogP contribution in [0.25, 0.3) is 0 Å². The molecule has 0 radical (unpaired) electrons. The third kappa shape index (κ3) is 4.20. The summed E-state index contributed by atoms with van der Waals surface area (Å²) in [6.45, 7) is 7.43. The molecule has 1 rings (SSSR count). The van der Waals surface area contributed by atoms with Gasteiger partial charge in [0.2, 0.25) is 5.75 Å². The molecule has 0 atom stereocenters. The van der Waals surface area contributed by atoms with Crippen LogP contribution in [0, 0.1) is 16.0 Å². The molecule has 7 heteroatoms. The van der Waals surface area contributed by atoms with Gasteiger partial charge in [-0.05, 0) is 12.0 Å². The van der Waals surface area contributed by atoms with Gasteiger partial charge in [0.25, 0.3) is 0 Å². The molecule has 0 aromatic heterocycles. The van der Waals surface area contributed by atoms with Crippen molar-refractivity contribution in [2.45, 2.75) is 13.8 Å². The van der Waals surface area contributed by atoms with Gasteiger partial charge in [0, 0.05) is 6.07 Å². The molecule has 0 spiro atoms. The molecule has 0 heterocycles. The summed E-state index contributed by atoms with van der Waals surface area (Å²) < 4.78 is 10.7. The molecule has 0 aliphatic carbocycles. The Morgan fingerprint density at radius 3 is 2.57 bits per heavy atom. The molecule has 114 valence electrons. The number of carboxylic acid groups (broad SMARTS) is 1. The Bertz CT molecular complexity index is 553. The molecule has 0 aliphatic rings. The van der Waals surface area contributed by atoms with Gasteiger partial charge in [-0.1, -0.05) is 26.5 Å². The molecule has 0 saturated heterocycles. The SMILES string of the molecule is C=CCOc1c(C(=O)O)ccc([N+](=O)[O-])c1OCC(C)C. The highest BCUT2D eigenvalue weighted by Crippen LogP contribution is 2.40. The summed E-state index contributed by atoms with van der Waals surface area (Å²) in [7, 11) is 0. The summed E-state index contributed by atoms with van der Waals surface area (Å²) in [6.07, 6.45) is 1.41. The van der Waals surface area contributed by atoms with E-state index in [1.165, 1.54) is 6.08 Å². The zero-order valence-corrected chi connectivity index (χ0v) is 11.9. The Morgan fingerprint density at radius 1 is 1.43 bits per heavy atom. The lowest BCUT2D eigenvalue weighted by atomic mass is 10.1. The highest BCUT2D eigenvalue weighted by atomic mass is 16.6. The number of nitro benzene ring substituents is 1. The van der Waals surface area contributed by atoms with Crippen LogP contribution in [-0.4, -0.2) is 29.2 Å². The first kappa shape index (κ1) is 16.5. The number of aromatic carboxylic acids is 1. The summed E-state index contributed by atoms with van der Waals surface area (Å²) in [5.41, 5.74) is -0.527. The van der Waals surface area contributed by atoms with Crippen molar-refractivity contribution in [2.75, 3.05) is 13.2 Å². The molecule has 0 unspecified atom stereocenters. The normalized spacial score (nSPS) is 10.2. The second-order valence-corrected chi connectivity index (χ2v) is 4.66. The number of carbonyl (C=O) groups is 1. The number of hydrogen-bond donors (Lipinski definition) is 1. The van der Waals surface area contributed by atoms with Crippen molar-refractivity contribution in [1.29, 1.82) is 0 Å². The van der Waals surface area contributed by atoms with Crippen LogP contribution in [0.15, 0.2) is 24.8 Å². The molecule has 0 aliphatic heterocycles. The molecule has 21 heavy (non-hydrogen) atoms. The van der Waals surface area contributed by atoms with Gasteiger partial charge in [0.05, 0.1) is 11.5 Å². The van der Waals surface area contributed by atoms with Crippen molar-refractivity contribution < 1.29 is 24.3 Å². The van der Waals surface area contributed by atoms with Gasteiger partial charge in [0.15, 0.2) is 5.75 Å². The molecule has 1 aromatic rings. The lowest BCUT2D eigenvalue weighted by molar-refractivity contribution is -0.386. The average Bonchev–Trinajstić information content (AvgIpc) is 2.41. The van der Waals surface area contributed by atoms with Gasteiger partial charge in [-0.3, -0.25) is 10.1 Å². The number of benzene rings is 1. The molecule has 1 N–H and O–H groups in total. The van der Waals surface area contributed by atoms with Gasteiger partial charge in [-0.2, -0.15) is 0 Å². The molecular formula is C14H17NO6. The smallest absolute Gasteiger partial charge is 0.339 e. The Balaban J connectivity index is 3.39. The number of carboxylic acids is 1. The maximum absolute atomic E-state index is 11.2. The van der Waals surface area contributed by atoms with E-state index >= 15 is 0 Å². The topological polar surface area (TPSA) is 98.9 Å². The molecular weight excluding hydrogens is 278 g/mol. The fourth-order valence-corrected chi connectivity index (χ4v) is 1.54. The fourth-order valence-electron chi connectivity index (χ4n) is 1.54. The van der Waals surface area contributed by atoms with Crippen LogP contribution in [0.1, 0.15) is 24.2 Å². The number of nitro groups is 1. The van der Waals surface area contributed by atoms with E-state index in [4.69, 9.17) is 14.6 Å².